The molecule has 3 nitrogen and oxygen atoms in total. The number of fused-ring (bicyclic) bond motifs is 2. The predicted octanol–water partition coefficient (Wildman–Crippen LogP) is 5.94. The fraction of sp³-hybridized carbons (Fsp3) is 0. The molecule has 0 saturated carbocycles. The number of benzene rings is 2. The molecular formula is C18H11Br2ClN2O. The van der Waals surface area contributed by atoms with Crippen LogP contribution in [-0.4, -0.2) is 9.97 Å². The van der Waals surface area contributed by atoms with Crippen molar-refractivity contribution in [2.75, 3.05) is 0 Å². The van der Waals surface area contributed by atoms with E-state index in [4.69, 9.17) is 11.6 Å². The number of hydrogen-bond acceptors (Lipinski definition) is 2. The van der Waals surface area contributed by atoms with E-state index in [9.17, 15) is 4.79 Å². The van der Waals surface area contributed by atoms with Crippen molar-refractivity contribution in [3.63, 3.8) is 0 Å². The summed E-state index contributed by atoms with van der Waals surface area (Å²) in [6.45, 7) is 0. The van der Waals surface area contributed by atoms with Crippen LogP contribution in [0.4, 0.5) is 0 Å². The molecule has 2 aromatic heterocycles. The van der Waals surface area contributed by atoms with Crippen LogP contribution in [0.5, 0.6) is 0 Å². The van der Waals surface area contributed by atoms with Crippen LogP contribution in [0.1, 0.15) is 0 Å². The number of aromatic amines is 1. The van der Waals surface area contributed by atoms with Crippen molar-refractivity contribution in [3.8, 4) is 0 Å². The van der Waals surface area contributed by atoms with E-state index in [1.165, 1.54) is 6.07 Å². The lowest BCUT2D eigenvalue weighted by molar-refractivity contribution is 1.31. The van der Waals surface area contributed by atoms with E-state index in [2.05, 4.69) is 41.8 Å². The summed E-state index contributed by atoms with van der Waals surface area (Å²) in [4.78, 5) is 17.8. The van der Waals surface area contributed by atoms with Crippen LogP contribution >= 0.6 is 43.5 Å². The van der Waals surface area contributed by atoms with E-state index in [1.807, 2.05) is 42.5 Å². The molecule has 2 aromatic carbocycles. The van der Waals surface area contributed by atoms with E-state index >= 15 is 0 Å². The highest BCUT2D eigenvalue weighted by atomic mass is 79.9. The zero-order chi connectivity index (χ0) is 17.1. The van der Waals surface area contributed by atoms with Crippen LogP contribution in [0.15, 0.2) is 74.4 Å². The second-order valence-electron chi connectivity index (χ2n) is 5.03. The fourth-order valence-electron chi connectivity index (χ4n) is 2.20. The van der Waals surface area contributed by atoms with Crippen molar-refractivity contribution >= 4 is 65.3 Å². The van der Waals surface area contributed by atoms with Gasteiger partial charge in [0.05, 0.1) is 5.52 Å². The fourth-order valence-corrected chi connectivity index (χ4v) is 3.11. The molecule has 0 atom stereocenters. The Labute approximate surface area is 159 Å². The van der Waals surface area contributed by atoms with E-state index in [0.717, 1.165) is 30.8 Å². The molecule has 0 aliphatic heterocycles. The summed E-state index contributed by atoms with van der Waals surface area (Å²) in [5, 5.41) is 2.66. The highest BCUT2D eigenvalue weighted by Crippen LogP contribution is 2.19. The van der Waals surface area contributed by atoms with Crippen molar-refractivity contribution in [2.45, 2.75) is 0 Å². The zero-order valence-electron chi connectivity index (χ0n) is 12.3. The molecule has 0 radical (unpaired) electrons. The average molecular weight is 467 g/mol. The summed E-state index contributed by atoms with van der Waals surface area (Å²) in [5.74, 6) is 0. The van der Waals surface area contributed by atoms with Gasteiger partial charge >= 0.3 is 0 Å². The van der Waals surface area contributed by atoms with Gasteiger partial charge in [-0.1, -0.05) is 43.5 Å². The number of halogens is 3. The lowest BCUT2D eigenvalue weighted by Gasteiger charge is -1.97. The molecule has 0 aliphatic carbocycles. The molecule has 0 bridgehead atoms. The quantitative estimate of drug-likeness (QED) is 0.326. The summed E-state index contributed by atoms with van der Waals surface area (Å²) in [6.07, 6.45) is 0. The summed E-state index contributed by atoms with van der Waals surface area (Å²) in [5.41, 5.74) is 1.72. The van der Waals surface area contributed by atoms with Gasteiger partial charge in [0.15, 0.2) is 0 Å². The van der Waals surface area contributed by atoms with Crippen molar-refractivity contribution < 1.29 is 0 Å². The highest BCUT2D eigenvalue weighted by molar-refractivity contribution is 9.10. The topological polar surface area (TPSA) is 45.8 Å². The number of hydrogen-bond donors (Lipinski definition) is 1. The molecule has 0 saturated heterocycles. The minimum Gasteiger partial charge on any atom is -0.322 e. The van der Waals surface area contributed by atoms with Crippen LogP contribution in [0.2, 0.25) is 5.15 Å². The van der Waals surface area contributed by atoms with Crippen LogP contribution in [-0.2, 0) is 0 Å². The smallest absolute Gasteiger partial charge is 0.248 e. The Balaban J connectivity index is 0.000000141. The van der Waals surface area contributed by atoms with E-state index in [0.29, 0.717) is 5.15 Å². The summed E-state index contributed by atoms with van der Waals surface area (Å²) in [7, 11) is 0. The monoisotopic (exact) mass is 464 g/mol. The first-order valence-electron chi connectivity index (χ1n) is 7.02. The zero-order valence-corrected chi connectivity index (χ0v) is 16.2. The Morgan fingerprint density at radius 3 is 2.29 bits per heavy atom. The minimum atomic E-state index is -0.0650. The minimum absolute atomic E-state index is 0.0650. The molecule has 24 heavy (non-hydrogen) atoms. The Hall–Kier alpha value is -1.69. The number of nitrogens with zero attached hydrogens (tertiary/aromatic N) is 1. The first-order chi connectivity index (χ1) is 11.5. The average Bonchev–Trinajstić information content (AvgIpc) is 2.56. The third-order valence-electron chi connectivity index (χ3n) is 3.30. The van der Waals surface area contributed by atoms with Gasteiger partial charge in [0.25, 0.3) is 0 Å². The van der Waals surface area contributed by atoms with Gasteiger partial charge in [0.1, 0.15) is 5.15 Å². The lowest BCUT2D eigenvalue weighted by Crippen LogP contribution is -2.01. The van der Waals surface area contributed by atoms with Crippen molar-refractivity contribution in [1.29, 1.82) is 0 Å². The number of nitrogens with one attached hydrogen (secondary N) is 1. The first kappa shape index (κ1) is 17.1. The van der Waals surface area contributed by atoms with Gasteiger partial charge in [0, 0.05) is 25.9 Å². The molecule has 4 aromatic rings. The van der Waals surface area contributed by atoms with Gasteiger partial charge in [0.2, 0.25) is 5.56 Å². The van der Waals surface area contributed by atoms with Crippen LogP contribution in [0.3, 0.4) is 0 Å². The van der Waals surface area contributed by atoms with Crippen LogP contribution < -0.4 is 5.56 Å². The van der Waals surface area contributed by atoms with Gasteiger partial charge in [-0.3, -0.25) is 4.79 Å². The third-order valence-corrected chi connectivity index (χ3v) is 4.50. The lowest BCUT2D eigenvalue weighted by atomic mass is 10.2. The molecule has 0 unspecified atom stereocenters. The second kappa shape index (κ2) is 7.47. The van der Waals surface area contributed by atoms with Gasteiger partial charge in [-0.25, -0.2) is 4.98 Å². The Kier molecular flexibility index (Phi) is 5.33. The van der Waals surface area contributed by atoms with Gasteiger partial charge in [-0.15, -0.1) is 0 Å². The molecule has 0 amide bonds. The van der Waals surface area contributed by atoms with E-state index in [-0.39, 0.29) is 5.56 Å². The maximum atomic E-state index is 10.9. The van der Waals surface area contributed by atoms with Crippen LogP contribution in [0, 0.1) is 0 Å². The molecule has 4 rings (SSSR count). The van der Waals surface area contributed by atoms with Gasteiger partial charge < -0.3 is 4.98 Å². The van der Waals surface area contributed by atoms with Gasteiger partial charge in [-0.05, 0) is 60.0 Å². The molecule has 120 valence electrons. The second-order valence-corrected chi connectivity index (χ2v) is 7.24. The number of pyridine rings is 2. The van der Waals surface area contributed by atoms with Crippen LogP contribution in [0.25, 0.3) is 21.8 Å². The maximum absolute atomic E-state index is 10.9. The van der Waals surface area contributed by atoms with Gasteiger partial charge in [-0.2, -0.15) is 0 Å². The molecule has 2 heterocycles. The third kappa shape index (κ3) is 4.23. The standard InChI is InChI=1S/C9H5BrClN.C9H6BrNO/c10-7-2-3-8-6(5-7)1-4-9(11)12-8;10-7-2-3-8-6(5-7)1-4-9(12)11-8/h1-5H;1-5H,(H,11,12). The van der Waals surface area contributed by atoms with Crippen molar-refractivity contribution in [3.05, 3.63) is 85.1 Å². The normalized spacial score (nSPS) is 10.5. The number of rotatable bonds is 0. The molecule has 0 fully saturated rings. The van der Waals surface area contributed by atoms with Crippen molar-refractivity contribution in [1.82, 2.24) is 9.97 Å². The van der Waals surface area contributed by atoms with Crippen molar-refractivity contribution in [2.24, 2.45) is 0 Å². The Morgan fingerprint density at radius 2 is 1.50 bits per heavy atom. The predicted molar refractivity (Wildman–Crippen MR) is 107 cm³/mol. The Bertz CT molecular complexity index is 1040. The number of H-pyrrole nitrogens is 1. The van der Waals surface area contributed by atoms with E-state index < -0.39 is 0 Å². The summed E-state index contributed by atoms with van der Waals surface area (Å²) in [6, 6.07) is 18.7. The summed E-state index contributed by atoms with van der Waals surface area (Å²) < 4.78 is 2.07. The largest absolute Gasteiger partial charge is 0.322 e. The molecule has 0 aliphatic rings. The summed E-state index contributed by atoms with van der Waals surface area (Å²) >= 11 is 12.5. The molecule has 0 spiro atoms. The van der Waals surface area contributed by atoms with E-state index in [1.54, 1.807) is 12.1 Å². The molecular weight excluding hydrogens is 455 g/mol. The SMILES string of the molecule is Clc1ccc2cc(Br)ccc2n1.O=c1ccc2cc(Br)ccc2[nH]1. The Morgan fingerprint density at radius 1 is 0.833 bits per heavy atom. The molecule has 1 N–H and O–H groups in total. The molecule has 6 heteroatoms. The first-order valence-corrected chi connectivity index (χ1v) is 8.98. The number of aromatic nitrogens is 2. The highest BCUT2D eigenvalue weighted by Gasteiger charge is 1.96. The maximum Gasteiger partial charge on any atom is 0.248 e.